The van der Waals surface area contributed by atoms with Gasteiger partial charge in [0, 0.05) is 27.3 Å². The molecule has 2 N–H and O–H groups in total. The van der Waals surface area contributed by atoms with Gasteiger partial charge in [0.2, 0.25) is 5.95 Å². The number of hydrogen-bond acceptors (Lipinski definition) is 12. The number of esters is 3. The molecule has 2 aliphatic heterocycles. The summed E-state index contributed by atoms with van der Waals surface area (Å²) in [6.07, 6.45) is 0.365. The third-order valence-corrected chi connectivity index (χ3v) is 5.53. The van der Waals surface area contributed by atoms with Gasteiger partial charge < -0.3 is 34.5 Å². The van der Waals surface area contributed by atoms with E-state index in [4.69, 9.17) is 24.7 Å². The fourth-order valence-corrected chi connectivity index (χ4v) is 4.05. The van der Waals surface area contributed by atoms with Gasteiger partial charge in [0.25, 0.3) is 0 Å². The van der Waals surface area contributed by atoms with E-state index in [1.54, 1.807) is 6.20 Å². The molecule has 2 fully saturated rings. The summed E-state index contributed by atoms with van der Waals surface area (Å²) in [4.78, 5) is 47.5. The highest BCUT2D eigenvalue weighted by Crippen LogP contribution is 2.42. The molecule has 1 saturated carbocycles. The van der Waals surface area contributed by atoms with Crippen LogP contribution >= 0.6 is 0 Å². The molecule has 0 aromatic carbocycles. The monoisotopic (exact) mass is 449 g/mol. The maximum atomic E-state index is 11.9. The second-order valence-electron chi connectivity index (χ2n) is 8.23. The Bertz CT molecular complexity index is 908. The van der Waals surface area contributed by atoms with Gasteiger partial charge in [-0.25, -0.2) is 4.98 Å². The van der Waals surface area contributed by atoms with Gasteiger partial charge in [-0.3, -0.25) is 14.4 Å². The Labute approximate surface area is 184 Å². The topological polar surface area (TPSA) is 146 Å². The van der Waals surface area contributed by atoms with Crippen molar-refractivity contribution >= 4 is 35.4 Å². The molecule has 0 radical (unpaired) electrons. The summed E-state index contributed by atoms with van der Waals surface area (Å²) >= 11 is 0. The smallest absolute Gasteiger partial charge is 0.303 e. The molecule has 32 heavy (non-hydrogen) atoms. The van der Waals surface area contributed by atoms with Crippen molar-refractivity contribution in [3.05, 3.63) is 6.20 Å². The molecule has 1 aliphatic carbocycles. The van der Waals surface area contributed by atoms with Crippen LogP contribution in [0, 0.1) is 5.92 Å². The molecule has 12 heteroatoms. The average molecular weight is 449 g/mol. The van der Waals surface area contributed by atoms with E-state index < -0.39 is 42.4 Å². The van der Waals surface area contributed by atoms with Gasteiger partial charge in [0.1, 0.15) is 18.4 Å². The molecule has 0 spiro atoms. The van der Waals surface area contributed by atoms with Crippen LogP contribution in [0.25, 0.3) is 0 Å². The molecule has 1 aromatic rings. The zero-order valence-electron chi connectivity index (χ0n) is 18.2. The van der Waals surface area contributed by atoms with E-state index in [0.717, 1.165) is 25.1 Å². The molecule has 3 aliphatic rings. The van der Waals surface area contributed by atoms with E-state index in [1.807, 2.05) is 4.90 Å². The molecule has 174 valence electrons. The Balaban J connectivity index is 1.66. The Morgan fingerprint density at radius 2 is 1.81 bits per heavy atom. The Kier molecular flexibility index (Phi) is 6.04. The quantitative estimate of drug-likeness (QED) is 0.448. The number of nitrogen functional groups attached to an aromatic ring is 1. The normalized spacial score (nSPS) is 26.6. The standard InChI is InChI=1S/C20H27N5O7/c1-10(26)29-8-15-16(30-11(2)27)17(31-12(3)28)19(32-15)25-9-24(7-13-4-5-13)14-6-22-20(21)23-18(14)25/h6,13,15-17,19H,4-5,7-9H2,1-3H3,(H2,21,22,23)/t15-,16+,17-,19-/m1/s1. The maximum Gasteiger partial charge on any atom is 0.303 e. The van der Waals surface area contributed by atoms with Crippen molar-refractivity contribution in [2.75, 3.05) is 35.4 Å². The predicted octanol–water partition coefficient (Wildman–Crippen LogP) is 0.204. The van der Waals surface area contributed by atoms with Crippen molar-refractivity contribution in [2.45, 2.75) is 58.2 Å². The van der Waals surface area contributed by atoms with Crippen LogP contribution in [-0.2, 0) is 33.3 Å². The lowest BCUT2D eigenvalue weighted by atomic mass is 10.1. The first-order chi connectivity index (χ1) is 15.2. The van der Waals surface area contributed by atoms with E-state index in [-0.39, 0.29) is 12.6 Å². The van der Waals surface area contributed by atoms with Gasteiger partial charge in [-0.2, -0.15) is 4.98 Å². The number of nitrogens with two attached hydrogens (primary N) is 1. The Hall–Kier alpha value is -3.15. The van der Waals surface area contributed by atoms with Crippen LogP contribution in [0.4, 0.5) is 17.5 Å². The molecule has 1 aromatic heterocycles. The average Bonchev–Trinajstić information content (AvgIpc) is 3.38. The van der Waals surface area contributed by atoms with Crippen LogP contribution in [0.5, 0.6) is 0 Å². The van der Waals surface area contributed by atoms with Gasteiger partial charge in [-0.1, -0.05) is 0 Å². The van der Waals surface area contributed by atoms with E-state index in [0.29, 0.717) is 18.4 Å². The molecular formula is C20H27N5O7. The van der Waals surface area contributed by atoms with Crippen molar-refractivity contribution in [2.24, 2.45) is 5.92 Å². The van der Waals surface area contributed by atoms with E-state index in [1.165, 1.54) is 20.8 Å². The molecule has 4 rings (SSSR count). The number of carbonyl (C=O) groups excluding carboxylic acids is 3. The number of anilines is 3. The van der Waals surface area contributed by atoms with E-state index >= 15 is 0 Å². The minimum absolute atomic E-state index is 0.0945. The summed E-state index contributed by atoms with van der Waals surface area (Å²) in [6.45, 7) is 4.84. The highest BCUT2D eigenvalue weighted by molar-refractivity contribution is 5.73. The lowest BCUT2D eigenvalue weighted by Crippen LogP contribution is -2.49. The molecule has 0 unspecified atom stereocenters. The van der Waals surface area contributed by atoms with Gasteiger partial charge >= 0.3 is 17.9 Å². The zero-order chi connectivity index (χ0) is 23.0. The maximum absolute atomic E-state index is 11.9. The summed E-state index contributed by atoms with van der Waals surface area (Å²) in [5.41, 5.74) is 6.64. The van der Waals surface area contributed by atoms with Gasteiger partial charge in [0.15, 0.2) is 24.3 Å². The van der Waals surface area contributed by atoms with E-state index in [9.17, 15) is 14.4 Å². The first kappa shape index (κ1) is 22.1. The number of hydrogen-bond donors (Lipinski definition) is 1. The molecule has 1 saturated heterocycles. The third-order valence-electron chi connectivity index (χ3n) is 5.53. The van der Waals surface area contributed by atoms with E-state index in [2.05, 4.69) is 14.9 Å². The molecule has 0 amide bonds. The van der Waals surface area contributed by atoms with Gasteiger partial charge in [-0.05, 0) is 18.8 Å². The SMILES string of the molecule is CC(=O)OC[C@H]1O[C@@H](N2CN(CC3CC3)c3cnc(N)nc32)[C@H](OC(C)=O)[C@H]1OC(C)=O. The summed E-state index contributed by atoms with van der Waals surface area (Å²) in [5.74, 6) is -0.421. The molecule has 3 heterocycles. The first-order valence-corrected chi connectivity index (χ1v) is 10.5. The number of fused-ring (bicyclic) bond motifs is 1. The Morgan fingerprint density at radius 1 is 1.12 bits per heavy atom. The second kappa shape index (κ2) is 8.77. The van der Waals surface area contributed by atoms with Crippen LogP contribution in [0.1, 0.15) is 33.6 Å². The lowest BCUT2D eigenvalue weighted by Gasteiger charge is -2.30. The van der Waals surface area contributed by atoms with Crippen LogP contribution in [-0.4, -0.2) is 72.2 Å². The van der Waals surface area contributed by atoms with Crippen LogP contribution in [0.2, 0.25) is 0 Å². The molecular weight excluding hydrogens is 422 g/mol. The highest BCUT2D eigenvalue weighted by Gasteiger charge is 2.54. The van der Waals surface area contributed by atoms with Gasteiger partial charge in [0.05, 0.1) is 12.9 Å². The summed E-state index contributed by atoms with van der Waals surface area (Å²) < 4.78 is 22.2. The van der Waals surface area contributed by atoms with Crippen LogP contribution < -0.4 is 15.5 Å². The number of carbonyl (C=O) groups is 3. The number of aromatic nitrogens is 2. The van der Waals surface area contributed by atoms with Crippen LogP contribution in [0.15, 0.2) is 6.20 Å². The minimum Gasteiger partial charge on any atom is -0.463 e. The first-order valence-electron chi connectivity index (χ1n) is 10.5. The van der Waals surface area contributed by atoms with Crippen LogP contribution in [0.3, 0.4) is 0 Å². The molecule has 0 bridgehead atoms. The largest absolute Gasteiger partial charge is 0.463 e. The Morgan fingerprint density at radius 3 is 2.44 bits per heavy atom. The summed E-state index contributed by atoms with van der Waals surface area (Å²) in [6, 6.07) is 0. The molecule has 12 nitrogen and oxygen atoms in total. The minimum atomic E-state index is -0.971. The van der Waals surface area contributed by atoms with Gasteiger partial charge in [-0.15, -0.1) is 0 Å². The van der Waals surface area contributed by atoms with Crippen molar-refractivity contribution in [3.63, 3.8) is 0 Å². The van der Waals surface area contributed by atoms with Crippen molar-refractivity contribution in [1.29, 1.82) is 0 Å². The number of ether oxygens (including phenoxy) is 4. The third kappa shape index (κ3) is 4.69. The lowest BCUT2D eigenvalue weighted by molar-refractivity contribution is -0.165. The predicted molar refractivity (Wildman–Crippen MR) is 110 cm³/mol. The second-order valence-corrected chi connectivity index (χ2v) is 8.23. The number of nitrogens with zero attached hydrogens (tertiary/aromatic N) is 4. The highest BCUT2D eigenvalue weighted by atomic mass is 16.7. The van der Waals surface area contributed by atoms with Crippen molar-refractivity contribution < 1.29 is 33.3 Å². The zero-order valence-corrected chi connectivity index (χ0v) is 18.2. The number of rotatable bonds is 7. The summed E-state index contributed by atoms with van der Waals surface area (Å²) in [5, 5.41) is 0. The fourth-order valence-electron chi connectivity index (χ4n) is 4.05. The molecule has 4 atom stereocenters. The fraction of sp³-hybridized carbons (Fsp3) is 0.650. The summed E-state index contributed by atoms with van der Waals surface area (Å²) in [7, 11) is 0. The van der Waals surface area contributed by atoms with Crippen molar-refractivity contribution in [1.82, 2.24) is 9.97 Å². The van der Waals surface area contributed by atoms with Crippen molar-refractivity contribution in [3.8, 4) is 0 Å².